The Balaban J connectivity index is 1.88. The van der Waals surface area contributed by atoms with E-state index in [9.17, 15) is 0 Å². The predicted molar refractivity (Wildman–Crippen MR) is 76.8 cm³/mol. The Kier molecular flexibility index (Phi) is 3.87. The lowest BCUT2D eigenvalue weighted by Crippen LogP contribution is -2.29. The number of methoxy groups -OCH3 is 1. The van der Waals surface area contributed by atoms with Crippen LogP contribution < -0.4 is 5.32 Å². The Labute approximate surface area is 122 Å². The van der Waals surface area contributed by atoms with Crippen LogP contribution in [0.15, 0.2) is 16.0 Å². The van der Waals surface area contributed by atoms with Crippen molar-refractivity contribution in [2.75, 3.05) is 13.7 Å². The monoisotopic (exact) mass is 293 g/mol. The molecule has 3 heterocycles. The number of nitrogens with one attached hydrogen (secondary N) is 1. The zero-order valence-corrected chi connectivity index (χ0v) is 12.7. The normalized spacial score (nSPS) is 20.1. The number of hydrogen-bond acceptors (Lipinski definition) is 6. The summed E-state index contributed by atoms with van der Waals surface area (Å²) in [6.07, 6.45) is 0.940. The summed E-state index contributed by atoms with van der Waals surface area (Å²) in [4.78, 5) is 5.95. The third-order valence-corrected chi connectivity index (χ3v) is 4.61. The van der Waals surface area contributed by atoms with Crippen molar-refractivity contribution >= 4 is 11.3 Å². The van der Waals surface area contributed by atoms with E-state index in [4.69, 9.17) is 9.26 Å². The lowest BCUT2D eigenvalue weighted by Gasteiger charge is -2.20. The molecule has 108 valence electrons. The third kappa shape index (κ3) is 2.39. The smallest absolute Gasteiger partial charge is 0.248 e. The topological polar surface area (TPSA) is 60.2 Å². The minimum atomic E-state index is -0.127. The first-order valence-corrected chi connectivity index (χ1v) is 7.74. The number of hydrogen-bond donors (Lipinski definition) is 1. The Morgan fingerprint density at radius 2 is 2.35 bits per heavy atom. The lowest BCUT2D eigenvalue weighted by molar-refractivity contribution is 0.0555. The zero-order chi connectivity index (χ0) is 14.1. The van der Waals surface area contributed by atoms with Gasteiger partial charge in [0.1, 0.15) is 12.1 Å². The SMILES string of the molecule is COC(c1noc(C2NCCc3sccc32)n1)C(C)C. The first kappa shape index (κ1) is 13.7. The molecule has 20 heavy (non-hydrogen) atoms. The van der Waals surface area contributed by atoms with E-state index in [-0.39, 0.29) is 12.1 Å². The Hall–Kier alpha value is -1.24. The van der Waals surface area contributed by atoms with Gasteiger partial charge in [0.25, 0.3) is 0 Å². The molecule has 0 amide bonds. The fraction of sp³-hybridized carbons (Fsp3) is 0.571. The van der Waals surface area contributed by atoms with E-state index < -0.39 is 0 Å². The molecule has 6 heteroatoms. The maximum absolute atomic E-state index is 5.46. The molecule has 1 N–H and O–H groups in total. The number of thiophene rings is 1. The van der Waals surface area contributed by atoms with Crippen molar-refractivity contribution in [1.29, 1.82) is 0 Å². The van der Waals surface area contributed by atoms with Gasteiger partial charge in [-0.2, -0.15) is 4.98 Å². The molecule has 1 aliphatic heterocycles. The van der Waals surface area contributed by atoms with Gasteiger partial charge in [-0.1, -0.05) is 19.0 Å². The van der Waals surface area contributed by atoms with Crippen LogP contribution in [0.1, 0.15) is 48.1 Å². The second-order valence-corrected chi connectivity index (χ2v) is 6.33. The number of aromatic nitrogens is 2. The van der Waals surface area contributed by atoms with Gasteiger partial charge < -0.3 is 14.6 Å². The van der Waals surface area contributed by atoms with Crippen LogP contribution in [0.5, 0.6) is 0 Å². The lowest BCUT2D eigenvalue weighted by atomic mass is 10.0. The average Bonchev–Trinajstić information content (AvgIpc) is 3.07. The summed E-state index contributed by atoms with van der Waals surface area (Å²) < 4.78 is 10.9. The van der Waals surface area contributed by atoms with E-state index in [1.807, 2.05) is 0 Å². The van der Waals surface area contributed by atoms with Gasteiger partial charge in [0, 0.05) is 18.5 Å². The van der Waals surface area contributed by atoms with Crippen molar-refractivity contribution in [1.82, 2.24) is 15.5 Å². The van der Waals surface area contributed by atoms with Gasteiger partial charge >= 0.3 is 0 Å². The van der Waals surface area contributed by atoms with E-state index in [1.165, 1.54) is 10.4 Å². The highest BCUT2D eigenvalue weighted by Gasteiger charge is 2.29. The highest BCUT2D eigenvalue weighted by Crippen LogP contribution is 2.32. The maximum Gasteiger partial charge on any atom is 0.248 e. The quantitative estimate of drug-likeness (QED) is 0.939. The van der Waals surface area contributed by atoms with Crippen LogP contribution in [0.3, 0.4) is 0 Å². The standard InChI is InChI=1S/C14H19N3O2S/c1-8(2)12(18-3)13-16-14(19-17-13)11-9-5-7-20-10(9)4-6-15-11/h5,7-8,11-12,15H,4,6H2,1-3H3. The van der Waals surface area contributed by atoms with Gasteiger partial charge in [0.2, 0.25) is 11.7 Å². The molecule has 2 atom stereocenters. The Bertz CT molecular complexity index is 578. The van der Waals surface area contributed by atoms with Crippen LogP contribution in [0.4, 0.5) is 0 Å². The summed E-state index contributed by atoms with van der Waals surface area (Å²) in [5.74, 6) is 1.56. The van der Waals surface area contributed by atoms with Crippen molar-refractivity contribution in [3.05, 3.63) is 33.6 Å². The van der Waals surface area contributed by atoms with Gasteiger partial charge in [0.15, 0.2) is 0 Å². The number of rotatable bonds is 4. The highest BCUT2D eigenvalue weighted by atomic mass is 32.1. The second kappa shape index (κ2) is 5.63. The molecule has 0 aliphatic carbocycles. The summed E-state index contributed by atoms with van der Waals surface area (Å²) in [5, 5.41) is 9.66. The molecule has 0 saturated carbocycles. The molecule has 2 aromatic heterocycles. The summed E-state index contributed by atoms with van der Waals surface area (Å²) >= 11 is 1.79. The summed E-state index contributed by atoms with van der Waals surface area (Å²) in [6, 6.07) is 2.15. The molecule has 0 saturated heterocycles. The zero-order valence-electron chi connectivity index (χ0n) is 11.9. The molecule has 3 rings (SSSR count). The van der Waals surface area contributed by atoms with Crippen LogP contribution in [0, 0.1) is 5.92 Å². The van der Waals surface area contributed by atoms with Crippen molar-refractivity contribution in [2.45, 2.75) is 32.4 Å². The molecule has 5 nitrogen and oxygen atoms in total. The number of ether oxygens (including phenoxy) is 1. The number of fused-ring (bicyclic) bond motifs is 1. The summed E-state index contributed by atoms with van der Waals surface area (Å²) in [6.45, 7) is 5.11. The van der Waals surface area contributed by atoms with Crippen molar-refractivity contribution < 1.29 is 9.26 Å². The minimum absolute atomic E-state index is 0.0101. The molecule has 0 aromatic carbocycles. The maximum atomic E-state index is 5.46. The van der Waals surface area contributed by atoms with Crippen LogP contribution in [-0.4, -0.2) is 23.8 Å². The third-order valence-electron chi connectivity index (χ3n) is 3.61. The molecule has 1 aliphatic rings. The molecule has 0 fully saturated rings. The van der Waals surface area contributed by atoms with E-state index >= 15 is 0 Å². The van der Waals surface area contributed by atoms with Gasteiger partial charge in [0.05, 0.1) is 0 Å². The van der Waals surface area contributed by atoms with Crippen LogP contribution in [-0.2, 0) is 11.2 Å². The van der Waals surface area contributed by atoms with E-state index in [0.29, 0.717) is 17.6 Å². The van der Waals surface area contributed by atoms with Gasteiger partial charge in [-0.3, -0.25) is 0 Å². The van der Waals surface area contributed by atoms with Crippen molar-refractivity contribution in [3.63, 3.8) is 0 Å². The summed E-state index contributed by atoms with van der Waals surface area (Å²) in [5.41, 5.74) is 1.26. The van der Waals surface area contributed by atoms with Crippen LogP contribution in [0.25, 0.3) is 0 Å². The first-order valence-electron chi connectivity index (χ1n) is 6.86. The average molecular weight is 293 g/mol. The van der Waals surface area contributed by atoms with Gasteiger partial charge in [-0.05, 0) is 29.3 Å². The molecular weight excluding hydrogens is 274 g/mol. The minimum Gasteiger partial charge on any atom is -0.373 e. The largest absolute Gasteiger partial charge is 0.373 e. The molecule has 0 radical (unpaired) electrons. The van der Waals surface area contributed by atoms with Crippen molar-refractivity contribution in [2.24, 2.45) is 5.92 Å². The molecular formula is C14H19N3O2S. The molecule has 0 spiro atoms. The predicted octanol–water partition coefficient (Wildman–Crippen LogP) is 2.71. The molecule has 2 aromatic rings. The molecule has 0 bridgehead atoms. The fourth-order valence-corrected chi connectivity index (χ4v) is 3.55. The van der Waals surface area contributed by atoms with Crippen LogP contribution >= 0.6 is 11.3 Å². The molecule has 2 unspecified atom stereocenters. The van der Waals surface area contributed by atoms with Gasteiger partial charge in [-0.25, -0.2) is 0 Å². The van der Waals surface area contributed by atoms with Gasteiger partial charge in [-0.15, -0.1) is 11.3 Å². The number of nitrogens with zero attached hydrogens (tertiary/aromatic N) is 2. The van der Waals surface area contributed by atoms with E-state index in [0.717, 1.165) is 13.0 Å². The van der Waals surface area contributed by atoms with Crippen LogP contribution in [0.2, 0.25) is 0 Å². The highest BCUT2D eigenvalue weighted by molar-refractivity contribution is 7.10. The van der Waals surface area contributed by atoms with E-state index in [2.05, 4.69) is 40.8 Å². The van der Waals surface area contributed by atoms with Crippen molar-refractivity contribution in [3.8, 4) is 0 Å². The Morgan fingerprint density at radius 3 is 3.10 bits per heavy atom. The summed E-state index contributed by atoms with van der Waals surface area (Å²) in [7, 11) is 1.68. The second-order valence-electron chi connectivity index (χ2n) is 5.33. The van der Waals surface area contributed by atoms with E-state index in [1.54, 1.807) is 18.4 Å². The first-order chi connectivity index (χ1) is 9.70. The fourth-order valence-electron chi connectivity index (χ4n) is 2.63. The Morgan fingerprint density at radius 1 is 1.50 bits per heavy atom.